The second-order valence-electron chi connectivity index (χ2n) is 5.28. The van der Waals surface area contributed by atoms with Crippen LogP contribution in [0.15, 0.2) is 70.1 Å². The molecule has 3 rings (SSSR count). The highest BCUT2D eigenvalue weighted by atomic mass is 127. The van der Waals surface area contributed by atoms with Crippen molar-refractivity contribution in [1.29, 1.82) is 0 Å². The van der Waals surface area contributed by atoms with Crippen molar-refractivity contribution in [3.05, 3.63) is 85.6 Å². The molecular weight excluding hydrogens is 463 g/mol. The molecule has 0 saturated carbocycles. The topological polar surface area (TPSA) is 71.3 Å². The molecule has 26 heavy (non-hydrogen) atoms. The van der Waals surface area contributed by atoms with E-state index in [1.165, 1.54) is 6.08 Å². The van der Waals surface area contributed by atoms with E-state index in [9.17, 15) is 9.59 Å². The Kier molecular flexibility index (Phi) is 6.24. The number of rotatable bonds is 6. The van der Waals surface area contributed by atoms with E-state index >= 15 is 0 Å². The minimum absolute atomic E-state index is 0.126. The lowest BCUT2D eigenvalue weighted by Crippen LogP contribution is -2.34. The first-order valence-electron chi connectivity index (χ1n) is 7.76. The first-order valence-corrected chi connectivity index (χ1v) is 9.71. The van der Waals surface area contributed by atoms with Crippen LogP contribution in [0.25, 0.3) is 6.08 Å². The number of hydrogen-bond donors (Lipinski definition) is 2. The largest absolute Gasteiger partial charge is 0.451 e. The Morgan fingerprint density at radius 3 is 2.54 bits per heavy atom. The second-order valence-corrected chi connectivity index (χ2v) is 7.38. The maximum atomic E-state index is 12.6. The van der Waals surface area contributed by atoms with E-state index in [1.807, 2.05) is 46.2 Å². The molecule has 2 heterocycles. The molecule has 0 spiro atoms. The van der Waals surface area contributed by atoms with Crippen LogP contribution in [-0.4, -0.2) is 11.8 Å². The van der Waals surface area contributed by atoms with Crippen LogP contribution in [0.4, 0.5) is 0 Å². The standard InChI is InChI=1S/C19H15IN2O3S/c20-17-9-8-14(25-17)11-16(19(24)21-12-15-7-4-10-26-15)22-18(23)13-5-2-1-3-6-13/h1-11H,12H2,(H,21,24)(H,22,23). The van der Waals surface area contributed by atoms with Crippen molar-refractivity contribution < 1.29 is 14.0 Å². The lowest BCUT2D eigenvalue weighted by atomic mass is 10.2. The second kappa shape index (κ2) is 8.81. The van der Waals surface area contributed by atoms with E-state index in [-0.39, 0.29) is 17.5 Å². The first-order chi connectivity index (χ1) is 12.6. The van der Waals surface area contributed by atoms with Gasteiger partial charge in [-0.2, -0.15) is 0 Å². The number of thiophene rings is 1. The van der Waals surface area contributed by atoms with Crippen molar-refractivity contribution in [1.82, 2.24) is 10.6 Å². The Morgan fingerprint density at radius 1 is 1.08 bits per heavy atom. The molecule has 0 unspecified atom stereocenters. The van der Waals surface area contributed by atoms with Gasteiger partial charge in [0.15, 0.2) is 3.77 Å². The summed E-state index contributed by atoms with van der Waals surface area (Å²) in [5, 5.41) is 7.43. The molecule has 1 aromatic carbocycles. The fraction of sp³-hybridized carbons (Fsp3) is 0.0526. The monoisotopic (exact) mass is 478 g/mol. The molecule has 7 heteroatoms. The van der Waals surface area contributed by atoms with Crippen LogP contribution in [0.5, 0.6) is 0 Å². The Labute approximate surface area is 168 Å². The van der Waals surface area contributed by atoms with Crippen molar-refractivity contribution in [3.8, 4) is 0 Å². The van der Waals surface area contributed by atoms with Gasteiger partial charge in [-0.25, -0.2) is 0 Å². The predicted molar refractivity (Wildman–Crippen MR) is 109 cm³/mol. The summed E-state index contributed by atoms with van der Waals surface area (Å²) in [5.41, 5.74) is 0.597. The lowest BCUT2D eigenvalue weighted by molar-refractivity contribution is -0.117. The number of benzene rings is 1. The highest BCUT2D eigenvalue weighted by Gasteiger charge is 2.15. The Morgan fingerprint density at radius 2 is 1.88 bits per heavy atom. The zero-order valence-corrected chi connectivity index (χ0v) is 16.5. The number of carbonyl (C=O) groups excluding carboxylic acids is 2. The number of nitrogens with one attached hydrogen (secondary N) is 2. The molecule has 0 bridgehead atoms. The molecule has 3 aromatic rings. The van der Waals surface area contributed by atoms with Crippen LogP contribution in [0.2, 0.25) is 0 Å². The molecule has 2 aromatic heterocycles. The average molecular weight is 478 g/mol. The van der Waals surface area contributed by atoms with Gasteiger partial charge in [0, 0.05) is 16.5 Å². The van der Waals surface area contributed by atoms with Crippen LogP contribution in [0, 0.1) is 3.77 Å². The van der Waals surface area contributed by atoms with Gasteiger partial charge in [0.05, 0.1) is 6.54 Å². The molecule has 0 atom stereocenters. The van der Waals surface area contributed by atoms with Crippen molar-refractivity contribution in [2.24, 2.45) is 0 Å². The molecule has 0 aliphatic rings. The van der Waals surface area contributed by atoms with Crippen LogP contribution < -0.4 is 10.6 Å². The van der Waals surface area contributed by atoms with Gasteiger partial charge >= 0.3 is 0 Å². The molecule has 0 aliphatic heterocycles. The maximum absolute atomic E-state index is 12.6. The minimum Gasteiger partial charge on any atom is -0.451 e. The third-order valence-electron chi connectivity index (χ3n) is 3.41. The fourth-order valence-electron chi connectivity index (χ4n) is 2.17. The van der Waals surface area contributed by atoms with Crippen LogP contribution in [-0.2, 0) is 11.3 Å². The van der Waals surface area contributed by atoms with Gasteiger partial charge in [-0.3, -0.25) is 9.59 Å². The molecule has 0 aliphatic carbocycles. The maximum Gasteiger partial charge on any atom is 0.268 e. The summed E-state index contributed by atoms with van der Waals surface area (Å²) in [4.78, 5) is 26.0. The zero-order chi connectivity index (χ0) is 18.4. The summed E-state index contributed by atoms with van der Waals surface area (Å²) < 4.78 is 6.18. The Hall–Kier alpha value is -2.39. The van der Waals surface area contributed by atoms with Crippen LogP contribution >= 0.6 is 33.9 Å². The summed E-state index contributed by atoms with van der Waals surface area (Å²) >= 11 is 3.59. The van der Waals surface area contributed by atoms with Gasteiger partial charge in [0.1, 0.15) is 11.5 Å². The summed E-state index contributed by atoms with van der Waals surface area (Å²) in [6.07, 6.45) is 1.52. The van der Waals surface area contributed by atoms with Gasteiger partial charge < -0.3 is 15.1 Å². The van der Waals surface area contributed by atoms with E-state index in [4.69, 9.17) is 4.42 Å². The van der Waals surface area contributed by atoms with E-state index in [2.05, 4.69) is 10.6 Å². The molecule has 0 radical (unpaired) electrons. The normalized spacial score (nSPS) is 11.2. The quantitative estimate of drug-likeness (QED) is 0.415. The highest BCUT2D eigenvalue weighted by molar-refractivity contribution is 14.1. The first kappa shape index (κ1) is 18.4. The third-order valence-corrected chi connectivity index (χ3v) is 4.87. The third kappa shape index (κ3) is 5.06. The van der Waals surface area contributed by atoms with Gasteiger partial charge in [-0.15, -0.1) is 11.3 Å². The van der Waals surface area contributed by atoms with E-state index in [0.29, 0.717) is 21.6 Å². The molecule has 5 nitrogen and oxygen atoms in total. The SMILES string of the molecule is O=C(NCc1cccs1)C(=Cc1ccc(I)o1)NC(=O)c1ccccc1. The highest BCUT2D eigenvalue weighted by Crippen LogP contribution is 2.14. The number of carbonyl (C=O) groups is 2. The Bertz CT molecular complexity index is 917. The van der Waals surface area contributed by atoms with Gasteiger partial charge in [-0.05, 0) is 58.3 Å². The van der Waals surface area contributed by atoms with Crippen LogP contribution in [0.1, 0.15) is 21.0 Å². The van der Waals surface area contributed by atoms with Crippen molar-refractivity contribution in [3.63, 3.8) is 0 Å². The molecule has 132 valence electrons. The summed E-state index contributed by atoms with van der Waals surface area (Å²) in [5.74, 6) is -0.248. The number of furan rings is 1. The molecule has 0 fully saturated rings. The van der Waals surface area contributed by atoms with E-state index < -0.39 is 0 Å². The summed E-state index contributed by atoms with van der Waals surface area (Å²) in [6.45, 7) is 0.394. The van der Waals surface area contributed by atoms with Gasteiger partial charge in [-0.1, -0.05) is 24.3 Å². The molecular formula is C19H15IN2O3S. The number of halogens is 1. The smallest absolute Gasteiger partial charge is 0.268 e. The Balaban J connectivity index is 1.78. The van der Waals surface area contributed by atoms with Crippen molar-refractivity contribution >= 4 is 51.8 Å². The molecule has 0 saturated heterocycles. The average Bonchev–Trinajstić information content (AvgIpc) is 3.31. The van der Waals surface area contributed by atoms with Gasteiger partial charge in [0.2, 0.25) is 0 Å². The summed E-state index contributed by atoms with van der Waals surface area (Å²) in [6, 6.07) is 16.1. The number of amides is 2. The minimum atomic E-state index is -0.380. The predicted octanol–water partition coefficient (Wildman–Crippen LogP) is 4.03. The fourth-order valence-corrected chi connectivity index (χ4v) is 3.24. The zero-order valence-electron chi connectivity index (χ0n) is 13.6. The van der Waals surface area contributed by atoms with E-state index in [1.54, 1.807) is 47.7 Å². The van der Waals surface area contributed by atoms with Crippen LogP contribution in [0.3, 0.4) is 0 Å². The summed E-state index contributed by atoms with van der Waals surface area (Å²) in [7, 11) is 0. The molecule has 2 amide bonds. The molecule has 2 N–H and O–H groups in total. The lowest BCUT2D eigenvalue weighted by Gasteiger charge is -2.10. The van der Waals surface area contributed by atoms with Crippen molar-refractivity contribution in [2.45, 2.75) is 6.54 Å². The van der Waals surface area contributed by atoms with Gasteiger partial charge in [0.25, 0.3) is 11.8 Å². The number of hydrogen-bond acceptors (Lipinski definition) is 4. The van der Waals surface area contributed by atoms with E-state index in [0.717, 1.165) is 4.88 Å². The van der Waals surface area contributed by atoms with Crippen molar-refractivity contribution in [2.75, 3.05) is 0 Å².